The van der Waals surface area contributed by atoms with Crippen molar-refractivity contribution in [3.8, 4) is 6.19 Å². The van der Waals surface area contributed by atoms with Crippen LogP contribution in [-0.4, -0.2) is 43.0 Å². The number of ether oxygens (including phenoxy) is 1. The van der Waals surface area contributed by atoms with Crippen LogP contribution in [0.5, 0.6) is 0 Å². The standard InChI is InChI=1S/C19H25N3O3/c1-22(13-20)19(24)17(12-14-8-10-16(25-2)11-9-14)21-18(23)15-6-4-3-5-7-15/h3-7,14,16-17H,8-12H2,1-2H3,(H,21,23)/t14?,16?,17-/m0/s1. The highest BCUT2D eigenvalue weighted by atomic mass is 16.5. The number of carbonyl (C=O) groups is 2. The molecule has 0 heterocycles. The Balaban J connectivity index is 2.04. The number of nitrogens with one attached hydrogen (secondary N) is 1. The third kappa shape index (κ3) is 5.30. The average Bonchev–Trinajstić information content (AvgIpc) is 2.67. The van der Waals surface area contributed by atoms with Crippen LogP contribution in [0.1, 0.15) is 42.5 Å². The summed E-state index contributed by atoms with van der Waals surface area (Å²) < 4.78 is 5.38. The maximum absolute atomic E-state index is 12.5. The monoisotopic (exact) mass is 343 g/mol. The summed E-state index contributed by atoms with van der Waals surface area (Å²) in [6, 6.07) is 8.10. The maximum atomic E-state index is 12.5. The minimum Gasteiger partial charge on any atom is -0.381 e. The van der Waals surface area contributed by atoms with Crippen LogP contribution in [0, 0.1) is 17.4 Å². The molecule has 1 aromatic carbocycles. The van der Waals surface area contributed by atoms with Gasteiger partial charge in [0.15, 0.2) is 6.19 Å². The zero-order valence-corrected chi connectivity index (χ0v) is 14.8. The van der Waals surface area contributed by atoms with E-state index in [0.717, 1.165) is 30.6 Å². The van der Waals surface area contributed by atoms with Crippen molar-refractivity contribution in [2.75, 3.05) is 14.2 Å². The van der Waals surface area contributed by atoms with E-state index in [1.54, 1.807) is 31.4 Å². The summed E-state index contributed by atoms with van der Waals surface area (Å²) in [5.41, 5.74) is 0.503. The van der Waals surface area contributed by atoms with E-state index in [1.165, 1.54) is 7.05 Å². The molecule has 1 fully saturated rings. The van der Waals surface area contributed by atoms with Crippen molar-refractivity contribution in [2.45, 2.75) is 44.2 Å². The van der Waals surface area contributed by atoms with E-state index >= 15 is 0 Å². The molecular weight excluding hydrogens is 318 g/mol. The van der Waals surface area contributed by atoms with Crippen LogP contribution in [0.15, 0.2) is 30.3 Å². The normalized spacial score (nSPS) is 21.0. The first-order valence-corrected chi connectivity index (χ1v) is 8.61. The van der Waals surface area contributed by atoms with Crippen LogP contribution in [0.3, 0.4) is 0 Å². The summed E-state index contributed by atoms with van der Waals surface area (Å²) in [6.07, 6.45) is 6.49. The van der Waals surface area contributed by atoms with Gasteiger partial charge in [-0.1, -0.05) is 18.2 Å². The van der Waals surface area contributed by atoms with E-state index in [4.69, 9.17) is 10.00 Å². The van der Waals surface area contributed by atoms with Crippen molar-refractivity contribution in [1.29, 1.82) is 5.26 Å². The van der Waals surface area contributed by atoms with E-state index in [9.17, 15) is 9.59 Å². The lowest BCUT2D eigenvalue weighted by Gasteiger charge is -2.30. The fourth-order valence-corrected chi connectivity index (χ4v) is 3.27. The van der Waals surface area contributed by atoms with Crippen LogP contribution in [0.4, 0.5) is 0 Å². The lowest BCUT2D eigenvalue weighted by atomic mass is 9.83. The first kappa shape index (κ1) is 18.9. The van der Waals surface area contributed by atoms with Crippen LogP contribution >= 0.6 is 0 Å². The molecule has 1 aliphatic rings. The third-order valence-electron chi connectivity index (χ3n) is 4.82. The van der Waals surface area contributed by atoms with Gasteiger partial charge >= 0.3 is 0 Å². The molecule has 0 radical (unpaired) electrons. The zero-order chi connectivity index (χ0) is 18.2. The van der Waals surface area contributed by atoms with Gasteiger partial charge in [0.25, 0.3) is 11.8 Å². The van der Waals surface area contributed by atoms with Crippen molar-refractivity contribution in [3.63, 3.8) is 0 Å². The summed E-state index contributed by atoms with van der Waals surface area (Å²) >= 11 is 0. The minimum absolute atomic E-state index is 0.283. The topological polar surface area (TPSA) is 82.4 Å². The van der Waals surface area contributed by atoms with Gasteiger partial charge in [-0.15, -0.1) is 0 Å². The first-order valence-electron chi connectivity index (χ1n) is 8.61. The van der Waals surface area contributed by atoms with Crippen molar-refractivity contribution in [3.05, 3.63) is 35.9 Å². The number of likely N-dealkylation sites (N-methyl/N-ethyl adjacent to an activating group) is 1. The van der Waals surface area contributed by atoms with Gasteiger partial charge in [-0.2, -0.15) is 5.26 Å². The fraction of sp³-hybridized carbons (Fsp3) is 0.526. The van der Waals surface area contributed by atoms with Crippen LogP contribution in [-0.2, 0) is 9.53 Å². The fourth-order valence-electron chi connectivity index (χ4n) is 3.27. The number of hydrogen-bond donors (Lipinski definition) is 1. The van der Waals surface area contributed by atoms with Crippen LogP contribution < -0.4 is 5.32 Å². The van der Waals surface area contributed by atoms with Crippen molar-refractivity contribution in [2.24, 2.45) is 5.92 Å². The third-order valence-corrected chi connectivity index (χ3v) is 4.82. The van der Waals surface area contributed by atoms with Crippen molar-refractivity contribution in [1.82, 2.24) is 10.2 Å². The molecule has 2 amide bonds. The summed E-state index contributed by atoms with van der Waals surface area (Å²) in [4.78, 5) is 25.9. The molecule has 25 heavy (non-hydrogen) atoms. The molecule has 0 saturated heterocycles. The van der Waals surface area contributed by atoms with Crippen molar-refractivity contribution < 1.29 is 14.3 Å². The number of amides is 2. The van der Waals surface area contributed by atoms with E-state index < -0.39 is 6.04 Å². The molecule has 0 aliphatic heterocycles. The molecule has 134 valence electrons. The Morgan fingerprint density at radius 2 is 1.92 bits per heavy atom. The number of benzene rings is 1. The molecule has 6 heteroatoms. The second-order valence-corrected chi connectivity index (χ2v) is 6.50. The quantitative estimate of drug-likeness (QED) is 0.635. The van der Waals surface area contributed by atoms with Gasteiger partial charge in [0.2, 0.25) is 0 Å². The SMILES string of the molecule is COC1CCC(C[C@H](NC(=O)c2ccccc2)C(=O)N(C)C#N)CC1. The van der Waals surface area contributed by atoms with Gasteiger partial charge in [-0.05, 0) is 50.2 Å². The molecule has 1 aliphatic carbocycles. The lowest BCUT2D eigenvalue weighted by Crippen LogP contribution is -2.47. The molecule has 2 rings (SSSR count). The second kappa shape index (κ2) is 9.19. The molecule has 0 aromatic heterocycles. The van der Waals surface area contributed by atoms with E-state index in [0.29, 0.717) is 17.9 Å². The van der Waals surface area contributed by atoms with E-state index in [1.807, 2.05) is 12.3 Å². The van der Waals surface area contributed by atoms with Gasteiger partial charge in [-0.3, -0.25) is 14.5 Å². The second-order valence-electron chi connectivity index (χ2n) is 6.50. The van der Waals surface area contributed by atoms with Crippen molar-refractivity contribution >= 4 is 11.8 Å². The number of hydrogen-bond acceptors (Lipinski definition) is 4. The summed E-state index contributed by atoms with van der Waals surface area (Å²) in [7, 11) is 3.14. The summed E-state index contributed by atoms with van der Waals surface area (Å²) in [6.45, 7) is 0. The number of nitriles is 1. The Hall–Kier alpha value is -2.39. The molecule has 0 bridgehead atoms. The molecule has 0 unspecified atom stereocenters. The Labute approximate surface area is 148 Å². The molecule has 1 saturated carbocycles. The first-order chi connectivity index (χ1) is 12.0. The van der Waals surface area contributed by atoms with Gasteiger partial charge in [-0.25, -0.2) is 0 Å². The average molecular weight is 343 g/mol. The predicted molar refractivity (Wildman–Crippen MR) is 93.5 cm³/mol. The maximum Gasteiger partial charge on any atom is 0.257 e. The molecule has 0 spiro atoms. The Bertz CT molecular complexity index is 619. The number of rotatable bonds is 6. The van der Waals surface area contributed by atoms with Gasteiger partial charge < -0.3 is 10.1 Å². The predicted octanol–water partition coefficient (Wildman–Crippen LogP) is 2.32. The van der Waals surface area contributed by atoms with Crippen LogP contribution in [0.2, 0.25) is 0 Å². The summed E-state index contributed by atoms with van der Waals surface area (Å²) in [5.74, 6) is -0.333. The number of methoxy groups -OCH3 is 1. The molecule has 1 aromatic rings. The lowest BCUT2D eigenvalue weighted by molar-refractivity contribution is -0.129. The Morgan fingerprint density at radius 1 is 1.28 bits per heavy atom. The Kier molecular flexibility index (Phi) is 6.96. The molecule has 1 N–H and O–H groups in total. The smallest absolute Gasteiger partial charge is 0.257 e. The van der Waals surface area contributed by atoms with Gasteiger partial charge in [0, 0.05) is 19.7 Å². The molecular formula is C19H25N3O3. The van der Waals surface area contributed by atoms with E-state index in [-0.39, 0.29) is 17.9 Å². The number of carbonyl (C=O) groups excluding carboxylic acids is 2. The zero-order valence-electron chi connectivity index (χ0n) is 14.8. The molecule has 6 nitrogen and oxygen atoms in total. The van der Waals surface area contributed by atoms with E-state index in [2.05, 4.69) is 5.32 Å². The highest BCUT2D eigenvalue weighted by Gasteiger charge is 2.30. The molecule has 1 atom stereocenters. The summed E-state index contributed by atoms with van der Waals surface area (Å²) in [5, 5.41) is 11.8. The minimum atomic E-state index is -0.693. The number of nitrogens with zero attached hydrogens (tertiary/aromatic N) is 2. The highest BCUT2D eigenvalue weighted by molar-refractivity contribution is 5.97. The Morgan fingerprint density at radius 3 is 2.48 bits per heavy atom. The largest absolute Gasteiger partial charge is 0.381 e. The van der Waals surface area contributed by atoms with Gasteiger partial charge in [0.05, 0.1) is 6.10 Å². The van der Waals surface area contributed by atoms with Crippen LogP contribution in [0.25, 0.3) is 0 Å². The highest BCUT2D eigenvalue weighted by Crippen LogP contribution is 2.29. The van der Waals surface area contributed by atoms with Gasteiger partial charge in [0.1, 0.15) is 6.04 Å².